The molecule has 118 valence electrons. The highest BCUT2D eigenvalue weighted by molar-refractivity contribution is 5.46. The molecule has 1 aliphatic rings. The molecule has 21 heavy (non-hydrogen) atoms. The minimum absolute atomic E-state index is 0.253. The highest BCUT2D eigenvalue weighted by Crippen LogP contribution is 2.23. The van der Waals surface area contributed by atoms with Crippen molar-refractivity contribution >= 4 is 5.69 Å². The van der Waals surface area contributed by atoms with Gasteiger partial charge in [-0.2, -0.15) is 0 Å². The Kier molecular flexibility index (Phi) is 7.32. The van der Waals surface area contributed by atoms with E-state index >= 15 is 0 Å². The standard InChI is InChI=1S/C14H21N3O2.C2H6/c1-11-4-3-5-12(14(11)17(18)19)10-15-13-6-8-16(2)9-7-13;1-2/h3-5,13,15H,6-10H2,1-2H3;1-2H3. The van der Waals surface area contributed by atoms with Crippen molar-refractivity contribution in [1.29, 1.82) is 0 Å². The smallest absolute Gasteiger partial charge is 0.276 e. The lowest BCUT2D eigenvalue weighted by Crippen LogP contribution is -2.40. The first-order valence-electron chi connectivity index (χ1n) is 7.72. The molecule has 0 saturated carbocycles. The number of benzene rings is 1. The van der Waals surface area contributed by atoms with Gasteiger partial charge in [-0.1, -0.05) is 32.0 Å². The summed E-state index contributed by atoms with van der Waals surface area (Å²) in [6.07, 6.45) is 2.21. The van der Waals surface area contributed by atoms with Crippen LogP contribution in [-0.4, -0.2) is 36.0 Å². The Morgan fingerprint density at radius 1 is 1.33 bits per heavy atom. The number of aryl methyl sites for hydroxylation is 1. The first kappa shape index (κ1) is 17.6. The zero-order valence-electron chi connectivity index (χ0n) is 13.6. The van der Waals surface area contributed by atoms with Crippen molar-refractivity contribution in [2.24, 2.45) is 0 Å². The van der Waals surface area contributed by atoms with E-state index in [0.29, 0.717) is 12.6 Å². The summed E-state index contributed by atoms with van der Waals surface area (Å²) in [5, 5.41) is 14.6. The van der Waals surface area contributed by atoms with Crippen molar-refractivity contribution < 1.29 is 4.92 Å². The Bertz CT molecular complexity index is 455. The van der Waals surface area contributed by atoms with Crippen LogP contribution in [0.3, 0.4) is 0 Å². The minimum Gasteiger partial charge on any atom is -0.310 e. The van der Waals surface area contributed by atoms with E-state index in [1.165, 1.54) is 0 Å². The molecular weight excluding hydrogens is 266 g/mol. The zero-order valence-corrected chi connectivity index (χ0v) is 13.6. The fraction of sp³-hybridized carbons (Fsp3) is 0.625. The second-order valence-corrected chi connectivity index (χ2v) is 5.30. The van der Waals surface area contributed by atoms with E-state index in [1.54, 1.807) is 13.0 Å². The van der Waals surface area contributed by atoms with Crippen LogP contribution in [0.25, 0.3) is 0 Å². The van der Waals surface area contributed by atoms with Crippen molar-refractivity contribution in [2.45, 2.75) is 46.2 Å². The van der Waals surface area contributed by atoms with E-state index in [-0.39, 0.29) is 10.6 Å². The number of piperidine rings is 1. The number of likely N-dealkylation sites (tertiary alicyclic amines) is 1. The summed E-state index contributed by atoms with van der Waals surface area (Å²) < 4.78 is 0. The molecule has 0 atom stereocenters. The summed E-state index contributed by atoms with van der Waals surface area (Å²) in [5.41, 5.74) is 1.76. The summed E-state index contributed by atoms with van der Waals surface area (Å²) >= 11 is 0. The quantitative estimate of drug-likeness (QED) is 0.684. The molecule has 0 aliphatic carbocycles. The molecule has 0 amide bonds. The second kappa shape index (κ2) is 8.74. The molecule has 0 unspecified atom stereocenters. The predicted octanol–water partition coefficient (Wildman–Crippen LogP) is 3.11. The largest absolute Gasteiger partial charge is 0.310 e. The Labute approximate surface area is 127 Å². The van der Waals surface area contributed by atoms with Gasteiger partial charge in [-0.25, -0.2) is 0 Å². The Hall–Kier alpha value is -1.46. The number of nitro benzene ring substituents is 1. The number of nitrogens with zero attached hydrogens (tertiary/aromatic N) is 2. The SMILES string of the molecule is CC.Cc1cccc(CNC2CCN(C)CC2)c1[N+](=O)[O-]. The van der Waals surface area contributed by atoms with Crippen LogP contribution in [0.2, 0.25) is 0 Å². The molecule has 1 fully saturated rings. The van der Waals surface area contributed by atoms with Crippen LogP contribution in [-0.2, 0) is 6.54 Å². The van der Waals surface area contributed by atoms with Gasteiger partial charge in [0.05, 0.1) is 4.92 Å². The minimum atomic E-state index is -0.277. The maximum atomic E-state index is 11.1. The fourth-order valence-electron chi connectivity index (χ4n) is 2.59. The summed E-state index contributed by atoms with van der Waals surface area (Å²) in [7, 11) is 2.13. The normalized spacial score (nSPS) is 16.2. The lowest BCUT2D eigenvalue weighted by molar-refractivity contribution is -0.386. The lowest BCUT2D eigenvalue weighted by Gasteiger charge is -2.29. The van der Waals surface area contributed by atoms with E-state index in [9.17, 15) is 10.1 Å². The van der Waals surface area contributed by atoms with Crippen molar-refractivity contribution in [1.82, 2.24) is 10.2 Å². The van der Waals surface area contributed by atoms with Gasteiger partial charge in [-0.15, -0.1) is 0 Å². The van der Waals surface area contributed by atoms with Crippen LogP contribution in [0, 0.1) is 17.0 Å². The Balaban J connectivity index is 0.00000106. The van der Waals surface area contributed by atoms with Gasteiger partial charge < -0.3 is 10.2 Å². The second-order valence-electron chi connectivity index (χ2n) is 5.30. The van der Waals surface area contributed by atoms with Crippen LogP contribution in [0.15, 0.2) is 18.2 Å². The average molecular weight is 293 g/mol. The van der Waals surface area contributed by atoms with E-state index in [1.807, 2.05) is 26.0 Å². The van der Waals surface area contributed by atoms with Crippen LogP contribution < -0.4 is 5.32 Å². The number of hydrogen-bond acceptors (Lipinski definition) is 4. The maximum absolute atomic E-state index is 11.1. The van der Waals surface area contributed by atoms with Gasteiger partial charge >= 0.3 is 0 Å². The monoisotopic (exact) mass is 293 g/mol. The van der Waals surface area contributed by atoms with E-state index in [0.717, 1.165) is 37.1 Å². The summed E-state index contributed by atoms with van der Waals surface area (Å²) in [5.74, 6) is 0. The number of para-hydroxylation sites is 1. The van der Waals surface area contributed by atoms with Gasteiger partial charge in [0.1, 0.15) is 0 Å². The molecule has 1 N–H and O–H groups in total. The van der Waals surface area contributed by atoms with Gasteiger partial charge in [-0.3, -0.25) is 10.1 Å². The van der Waals surface area contributed by atoms with Crippen molar-refractivity contribution in [2.75, 3.05) is 20.1 Å². The lowest BCUT2D eigenvalue weighted by atomic mass is 10.0. The molecule has 1 heterocycles. The molecule has 2 rings (SSSR count). The average Bonchev–Trinajstić information content (AvgIpc) is 2.48. The highest BCUT2D eigenvalue weighted by Gasteiger charge is 2.19. The van der Waals surface area contributed by atoms with Crippen LogP contribution in [0.4, 0.5) is 5.69 Å². The van der Waals surface area contributed by atoms with Gasteiger partial charge in [0.15, 0.2) is 0 Å². The predicted molar refractivity (Wildman–Crippen MR) is 86.5 cm³/mol. The third-order valence-corrected chi connectivity index (χ3v) is 3.80. The topological polar surface area (TPSA) is 58.4 Å². The number of rotatable bonds is 4. The molecule has 0 aromatic heterocycles. The Morgan fingerprint density at radius 2 is 1.95 bits per heavy atom. The third-order valence-electron chi connectivity index (χ3n) is 3.80. The van der Waals surface area contributed by atoms with Crippen LogP contribution >= 0.6 is 0 Å². The van der Waals surface area contributed by atoms with Gasteiger partial charge in [0.25, 0.3) is 5.69 Å². The third kappa shape index (κ3) is 5.10. The van der Waals surface area contributed by atoms with Crippen molar-refractivity contribution in [3.05, 3.63) is 39.4 Å². The van der Waals surface area contributed by atoms with Crippen molar-refractivity contribution in [3.8, 4) is 0 Å². The Morgan fingerprint density at radius 3 is 2.52 bits per heavy atom. The van der Waals surface area contributed by atoms with Gasteiger partial charge in [0.2, 0.25) is 0 Å². The molecule has 5 heteroatoms. The molecule has 0 spiro atoms. The number of hydrogen-bond donors (Lipinski definition) is 1. The first-order chi connectivity index (χ1) is 10.1. The molecule has 1 aliphatic heterocycles. The molecule has 1 aromatic carbocycles. The molecule has 1 saturated heterocycles. The zero-order chi connectivity index (χ0) is 15.8. The maximum Gasteiger partial charge on any atom is 0.276 e. The van der Waals surface area contributed by atoms with Crippen molar-refractivity contribution in [3.63, 3.8) is 0 Å². The molecule has 5 nitrogen and oxygen atoms in total. The van der Waals surface area contributed by atoms with Gasteiger partial charge in [0, 0.05) is 23.7 Å². The highest BCUT2D eigenvalue weighted by atomic mass is 16.6. The summed E-state index contributed by atoms with van der Waals surface area (Å²) in [6.45, 7) is 8.55. The van der Waals surface area contributed by atoms with Gasteiger partial charge in [-0.05, 0) is 39.9 Å². The number of nitrogens with one attached hydrogen (secondary N) is 1. The van der Waals surface area contributed by atoms with Crippen LogP contribution in [0.1, 0.15) is 37.8 Å². The molecule has 0 radical (unpaired) electrons. The summed E-state index contributed by atoms with van der Waals surface area (Å²) in [4.78, 5) is 13.1. The molecule has 1 aromatic rings. The van der Waals surface area contributed by atoms with E-state index < -0.39 is 0 Å². The van der Waals surface area contributed by atoms with E-state index in [4.69, 9.17) is 0 Å². The van der Waals surface area contributed by atoms with Crippen LogP contribution in [0.5, 0.6) is 0 Å². The molecular formula is C16H27N3O2. The number of nitro groups is 1. The first-order valence-corrected chi connectivity index (χ1v) is 7.72. The fourth-order valence-corrected chi connectivity index (χ4v) is 2.59. The summed E-state index contributed by atoms with van der Waals surface area (Å²) in [6, 6.07) is 5.98. The van der Waals surface area contributed by atoms with E-state index in [2.05, 4.69) is 17.3 Å². The molecule has 0 bridgehead atoms.